The first-order valence-corrected chi connectivity index (χ1v) is 4.61. The fourth-order valence-corrected chi connectivity index (χ4v) is 1.30. The van der Waals surface area contributed by atoms with E-state index in [0.29, 0.717) is 12.0 Å². The molecule has 5 heteroatoms. The summed E-state index contributed by atoms with van der Waals surface area (Å²) in [6, 6.07) is 4.18. The zero-order chi connectivity index (χ0) is 11.5. The van der Waals surface area contributed by atoms with E-state index >= 15 is 0 Å². The maximum Gasteiger partial charge on any atom is 0.173 e. The predicted molar refractivity (Wildman–Crippen MR) is 55.1 cm³/mol. The summed E-state index contributed by atoms with van der Waals surface area (Å²) in [6.07, 6.45) is 3.58. The number of aryl methyl sites for hydroxylation is 1. The Balaban J connectivity index is 2.37. The number of para-hydroxylation sites is 1. The Morgan fingerprint density at radius 3 is 2.94 bits per heavy atom. The van der Waals surface area contributed by atoms with Crippen molar-refractivity contribution >= 4 is 6.29 Å². The highest BCUT2D eigenvalue weighted by atomic mass is 19.1. The molecule has 0 aliphatic heterocycles. The number of hydrogen-bond donors (Lipinski definition) is 0. The third-order valence-corrected chi connectivity index (χ3v) is 2.03. The summed E-state index contributed by atoms with van der Waals surface area (Å²) in [5.74, 6) is -0.269. The molecule has 1 aromatic heterocycles. The minimum Gasteiger partial charge on any atom is -0.450 e. The first-order valence-electron chi connectivity index (χ1n) is 4.61. The lowest BCUT2D eigenvalue weighted by molar-refractivity contribution is 0.112. The molecule has 16 heavy (non-hydrogen) atoms. The summed E-state index contributed by atoms with van der Waals surface area (Å²) < 4.78 is 20.2. The maximum atomic E-state index is 13.4. The highest BCUT2D eigenvalue weighted by Crippen LogP contribution is 2.26. The van der Waals surface area contributed by atoms with E-state index in [0.717, 1.165) is 0 Å². The van der Waals surface area contributed by atoms with Crippen molar-refractivity contribution in [2.24, 2.45) is 7.05 Å². The van der Waals surface area contributed by atoms with Crippen LogP contribution in [0.5, 0.6) is 11.5 Å². The number of aldehydes is 1. The molecule has 1 aromatic carbocycles. The van der Waals surface area contributed by atoms with Crippen molar-refractivity contribution in [3.63, 3.8) is 0 Å². The van der Waals surface area contributed by atoms with Gasteiger partial charge in [-0.05, 0) is 12.1 Å². The highest BCUT2D eigenvalue weighted by Gasteiger charge is 2.10. The van der Waals surface area contributed by atoms with Crippen LogP contribution < -0.4 is 4.74 Å². The van der Waals surface area contributed by atoms with E-state index in [4.69, 9.17) is 4.74 Å². The predicted octanol–water partition coefficient (Wildman–Crippen LogP) is 2.16. The molecule has 0 unspecified atom stereocenters. The number of rotatable bonds is 3. The molecular weight excluding hydrogens is 211 g/mol. The smallest absolute Gasteiger partial charge is 0.173 e. The first-order chi connectivity index (χ1) is 7.70. The molecule has 0 aliphatic rings. The number of nitrogens with zero attached hydrogens (tertiary/aromatic N) is 2. The van der Waals surface area contributed by atoms with Crippen molar-refractivity contribution in [1.82, 2.24) is 9.78 Å². The summed E-state index contributed by atoms with van der Waals surface area (Å²) in [4.78, 5) is 10.7. The number of halogens is 1. The van der Waals surface area contributed by atoms with Crippen molar-refractivity contribution in [1.29, 1.82) is 0 Å². The Kier molecular flexibility index (Phi) is 2.68. The normalized spacial score (nSPS) is 10.1. The Morgan fingerprint density at radius 1 is 1.50 bits per heavy atom. The van der Waals surface area contributed by atoms with Crippen LogP contribution >= 0.6 is 0 Å². The number of benzene rings is 1. The van der Waals surface area contributed by atoms with Gasteiger partial charge >= 0.3 is 0 Å². The topological polar surface area (TPSA) is 44.1 Å². The number of aromatic nitrogens is 2. The van der Waals surface area contributed by atoms with E-state index in [1.165, 1.54) is 29.1 Å². The standard InChI is InChI=1S/C11H9FN2O2/c1-14-6-9(5-13-14)16-11-8(7-15)3-2-4-10(11)12/h2-7H,1H3. The molecule has 0 spiro atoms. The van der Waals surface area contributed by atoms with Gasteiger partial charge in [0, 0.05) is 7.05 Å². The van der Waals surface area contributed by atoms with Gasteiger partial charge in [0.05, 0.1) is 18.0 Å². The van der Waals surface area contributed by atoms with Gasteiger partial charge in [0.1, 0.15) is 0 Å². The molecular formula is C11H9FN2O2. The van der Waals surface area contributed by atoms with Crippen LogP contribution in [0.1, 0.15) is 10.4 Å². The van der Waals surface area contributed by atoms with E-state index in [-0.39, 0.29) is 11.3 Å². The molecule has 0 bridgehead atoms. The monoisotopic (exact) mass is 220 g/mol. The van der Waals surface area contributed by atoms with Gasteiger partial charge in [0.15, 0.2) is 23.6 Å². The molecule has 82 valence electrons. The molecule has 0 atom stereocenters. The fraction of sp³-hybridized carbons (Fsp3) is 0.0909. The summed E-state index contributed by atoms with van der Waals surface area (Å²) in [5.41, 5.74) is 0.170. The summed E-state index contributed by atoms with van der Waals surface area (Å²) in [7, 11) is 1.72. The molecule has 0 saturated heterocycles. The van der Waals surface area contributed by atoms with Gasteiger partial charge in [-0.3, -0.25) is 9.48 Å². The molecule has 1 heterocycles. The second kappa shape index (κ2) is 4.14. The molecule has 2 aromatic rings. The summed E-state index contributed by atoms with van der Waals surface area (Å²) >= 11 is 0. The lowest BCUT2D eigenvalue weighted by atomic mass is 10.2. The van der Waals surface area contributed by atoms with E-state index in [9.17, 15) is 9.18 Å². The van der Waals surface area contributed by atoms with Crippen molar-refractivity contribution in [2.45, 2.75) is 0 Å². The zero-order valence-electron chi connectivity index (χ0n) is 8.55. The number of ether oxygens (including phenoxy) is 1. The van der Waals surface area contributed by atoms with Gasteiger partial charge in [-0.25, -0.2) is 4.39 Å². The number of carbonyl (C=O) groups excluding carboxylic acids is 1. The molecule has 0 N–H and O–H groups in total. The Hall–Kier alpha value is -2.17. The average Bonchev–Trinajstić information content (AvgIpc) is 2.67. The lowest BCUT2D eigenvalue weighted by Gasteiger charge is -2.06. The third kappa shape index (κ3) is 1.93. The van der Waals surface area contributed by atoms with E-state index in [1.54, 1.807) is 13.2 Å². The summed E-state index contributed by atoms with van der Waals surface area (Å²) in [6.45, 7) is 0. The molecule has 4 nitrogen and oxygen atoms in total. The largest absolute Gasteiger partial charge is 0.450 e. The number of carbonyl (C=O) groups is 1. The third-order valence-electron chi connectivity index (χ3n) is 2.03. The minimum atomic E-state index is -0.576. The van der Waals surface area contributed by atoms with Crippen LogP contribution in [0.2, 0.25) is 0 Å². The van der Waals surface area contributed by atoms with Gasteiger partial charge < -0.3 is 4.74 Å². The molecule has 0 saturated carbocycles. The van der Waals surface area contributed by atoms with Crippen molar-refractivity contribution in [3.05, 3.63) is 42.0 Å². The average molecular weight is 220 g/mol. The molecule has 0 aliphatic carbocycles. The highest BCUT2D eigenvalue weighted by molar-refractivity contribution is 5.79. The fourth-order valence-electron chi connectivity index (χ4n) is 1.30. The van der Waals surface area contributed by atoms with Gasteiger partial charge in [-0.15, -0.1) is 0 Å². The minimum absolute atomic E-state index is 0.0782. The Labute approximate surface area is 91.3 Å². The molecule has 0 amide bonds. The molecule has 0 radical (unpaired) electrons. The Bertz CT molecular complexity index is 522. The van der Waals surface area contributed by atoms with E-state index in [1.807, 2.05) is 0 Å². The Morgan fingerprint density at radius 2 is 2.31 bits per heavy atom. The zero-order valence-corrected chi connectivity index (χ0v) is 8.55. The van der Waals surface area contributed by atoms with Crippen molar-refractivity contribution in [3.8, 4) is 11.5 Å². The summed E-state index contributed by atoms with van der Waals surface area (Å²) in [5, 5.41) is 3.88. The maximum absolute atomic E-state index is 13.4. The van der Waals surface area contributed by atoms with Crippen LogP contribution in [0.3, 0.4) is 0 Å². The number of hydrogen-bond acceptors (Lipinski definition) is 3. The lowest BCUT2D eigenvalue weighted by Crippen LogP contribution is -1.93. The van der Waals surface area contributed by atoms with Gasteiger partial charge in [-0.2, -0.15) is 5.10 Å². The van der Waals surface area contributed by atoms with Crippen LogP contribution in [-0.4, -0.2) is 16.1 Å². The van der Waals surface area contributed by atoms with Crippen LogP contribution in [0, 0.1) is 5.82 Å². The van der Waals surface area contributed by atoms with E-state index < -0.39 is 5.82 Å². The van der Waals surface area contributed by atoms with Crippen molar-refractivity contribution in [2.75, 3.05) is 0 Å². The first kappa shape index (κ1) is 10.4. The van der Waals surface area contributed by atoms with Gasteiger partial charge in [0.2, 0.25) is 0 Å². The van der Waals surface area contributed by atoms with Crippen LogP contribution in [0.4, 0.5) is 4.39 Å². The van der Waals surface area contributed by atoms with Gasteiger partial charge in [0.25, 0.3) is 0 Å². The van der Waals surface area contributed by atoms with Crippen LogP contribution in [0.15, 0.2) is 30.6 Å². The molecule has 2 rings (SSSR count). The second-order valence-electron chi connectivity index (χ2n) is 3.23. The van der Waals surface area contributed by atoms with Crippen LogP contribution in [-0.2, 0) is 7.05 Å². The van der Waals surface area contributed by atoms with E-state index in [2.05, 4.69) is 5.10 Å². The van der Waals surface area contributed by atoms with Gasteiger partial charge in [-0.1, -0.05) is 6.07 Å². The quantitative estimate of drug-likeness (QED) is 0.744. The molecule has 0 fully saturated rings. The van der Waals surface area contributed by atoms with Crippen molar-refractivity contribution < 1.29 is 13.9 Å². The SMILES string of the molecule is Cn1cc(Oc2c(F)cccc2C=O)cn1. The second-order valence-corrected chi connectivity index (χ2v) is 3.23. The van der Waals surface area contributed by atoms with Crippen LogP contribution in [0.25, 0.3) is 0 Å².